The average molecular weight is 269 g/mol. The molecule has 0 atom stereocenters. The highest BCUT2D eigenvalue weighted by Gasteiger charge is 2.32. The van der Waals surface area contributed by atoms with Gasteiger partial charge in [-0.1, -0.05) is 6.07 Å². The van der Waals surface area contributed by atoms with Crippen LogP contribution in [-0.4, -0.2) is 37.4 Å². The third-order valence-corrected chi connectivity index (χ3v) is 4.34. The molecule has 4 nitrogen and oxygen atoms in total. The molecule has 1 aromatic heterocycles. The van der Waals surface area contributed by atoms with Gasteiger partial charge >= 0.3 is 0 Å². The number of amides is 1. The summed E-state index contributed by atoms with van der Waals surface area (Å²) >= 11 is 1.59. The van der Waals surface area contributed by atoms with Gasteiger partial charge in [0.25, 0.3) is 0 Å². The Labute approximate surface area is 111 Å². The summed E-state index contributed by atoms with van der Waals surface area (Å²) in [4.78, 5) is 12.9. The maximum atomic E-state index is 11.8. The van der Waals surface area contributed by atoms with Crippen molar-refractivity contribution in [1.29, 1.82) is 0 Å². The number of carbonyl (C=O) groups excluding carboxylic acids is 1. The van der Waals surface area contributed by atoms with Gasteiger partial charge in [0, 0.05) is 30.1 Å². The minimum Gasteiger partial charge on any atom is -0.396 e. The Hall–Kier alpha value is -0.910. The van der Waals surface area contributed by atoms with Crippen LogP contribution in [0.3, 0.4) is 0 Å². The van der Waals surface area contributed by atoms with Crippen LogP contribution in [0.2, 0.25) is 0 Å². The van der Waals surface area contributed by atoms with Crippen molar-refractivity contribution in [2.24, 2.45) is 5.41 Å². The van der Waals surface area contributed by atoms with Crippen molar-refractivity contribution in [2.45, 2.75) is 19.3 Å². The maximum absolute atomic E-state index is 11.8. The van der Waals surface area contributed by atoms with Gasteiger partial charge in [0.05, 0.1) is 13.0 Å². The van der Waals surface area contributed by atoms with Crippen LogP contribution in [0.15, 0.2) is 17.5 Å². The Balaban J connectivity index is 1.80. The van der Waals surface area contributed by atoms with Crippen LogP contribution >= 0.6 is 11.3 Å². The highest BCUT2D eigenvalue weighted by Crippen LogP contribution is 2.28. The molecule has 1 aliphatic heterocycles. The smallest absolute Gasteiger partial charge is 0.225 e. The molecule has 0 spiro atoms. The molecular formula is C13H19NO3S. The molecule has 0 bridgehead atoms. The van der Waals surface area contributed by atoms with Gasteiger partial charge in [-0.2, -0.15) is 0 Å². The Morgan fingerprint density at radius 2 is 2.28 bits per heavy atom. The van der Waals surface area contributed by atoms with Gasteiger partial charge in [-0.15, -0.1) is 11.3 Å². The van der Waals surface area contributed by atoms with Crippen LogP contribution in [0.5, 0.6) is 0 Å². The van der Waals surface area contributed by atoms with Crippen molar-refractivity contribution in [3.05, 3.63) is 22.4 Å². The number of aliphatic hydroxyl groups is 1. The third kappa shape index (κ3) is 3.54. The Morgan fingerprint density at radius 1 is 1.50 bits per heavy atom. The van der Waals surface area contributed by atoms with Crippen molar-refractivity contribution in [1.82, 2.24) is 5.32 Å². The Kier molecular flexibility index (Phi) is 4.74. The predicted octanol–water partition coefficient (Wildman–Crippen LogP) is 1.20. The first kappa shape index (κ1) is 13.5. The predicted molar refractivity (Wildman–Crippen MR) is 70.6 cm³/mol. The zero-order valence-corrected chi connectivity index (χ0v) is 11.2. The number of hydrogen-bond donors (Lipinski definition) is 2. The van der Waals surface area contributed by atoms with Gasteiger partial charge in [-0.25, -0.2) is 0 Å². The summed E-state index contributed by atoms with van der Waals surface area (Å²) in [6, 6.07) is 3.90. The van der Waals surface area contributed by atoms with E-state index in [1.54, 1.807) is 11.3 Å². The number of carbonyl (C=O) groups is 1. The number of hydrogen-bond acceptors (Lipinski definition) is 4. The largest absolute Gasteiger partial charge is 0.396 e. The van der Waals surface area contributed by atoms with Crippen molar-refractivity contribution >= 4 is 17.2 Å². The quantitative estimate of drug-likeness (QED) is 0.844. The first-order chi connectivity index (χ1) is 8.74. The summed E-state index contributed by atoms with van der Waals surface area (Å²) in [6.07, 6.45) is 2.04. The zero-order valence-electron chi connectivity index (χ0n) is 10.4. The van der Waals surface area contributed by atoms with E-state index in [1.807, 2.05) is 17.5 Å². The monoisotopic (exact) mass is 269 g/mol. The van der Waals surface area contributed by atoms with E-state index in [4.69, 9.17) is 4.74 Å². The molecule has 1 aliphatic rings. The van der Waals surface area contributed by atoms with Crippen molar-refractivity contribution < 1.29 is 14.6 Å². The van der Waals surface area contributed by atoms with E-state index in [9.17, 15) is 9.90 Å². The number of ether oxygens (including phenoxy) is 1. The number of rotatable bonds is 5. The summed E-state index contributed by atoms with van der Waals surface area (Å²) < 4.78 is 5.30. The van der Waals surface area contributed by atoms with E-state index in [0.29, 0.717) is 26.2 Å². The molecule has 2 rings (SSSR count). The minimum atomic E-state index is -0.191. The summed E-state index contributed by atoms with van der Waals surface area (Å²) in [5, 5.41) is 14.4. The molecule has 0 aromatic carbocycles. The summed E-state index contributed by atoms with van der Waals surface area (Å²) in [5.74, 6) is 0.0248. The molecular weight excluding hydrogens is 250 g/mol. The van der Waals surface area contributed by atoms with Gasteiger partial charge < -0.3 is 15.2 Å². The summed E-state index contributed by atoms with van der Waals surface area (Å²) in [6.45, 7) is 1.98. The highest BCUT2D eigenvalue weighted by atomic mass is 32.1. The molecule has 18 heavy (non-hydrogen) atoms. The van der Waals surface area contributed by atoms with E-state index in [0.717, 1.165) is 17.7 Å². The van der Waals surface area contributed by atoms with Crippen LogP contribution in [-0.2, 0) is 16.0 Å². The highest BCUT2D eigenvalue weighted by molar-refractivity contribution is 7.10. The molecule has 5 heteroatoms. The van der Waals surface area contributed by atoms with Gasteiger partial charge in [0.15, 0.2) is 0 Å². The molecule has 1 aromatic rings. The first-order valence-electron chi connectivity index (χ1n) is 6.22. The number of aliphatic hydroxyl groups excluding tert-OH is 1. The molecule has 1 amide bonds. The van der Waals surface area contributed by atoms with Crippen molar-refractivity contribution in [2.75, 3.05) is 26.4 Å². The summed E-state index contributed by atoms with van der Waals surface area (Å²) in [7, 11) is 0. The zero-order chi connectivity index (χ0) is 12.8. The van der Waals surface area contributed by atoms with Gasteiger partial charge in [0.2, 0.25) is 5.91 Å². The molecule has 0 radical (unpaired) electrons. The SMILES string of the molecule is O=C(Cc1cccs1)NCC1(CO)CCOCC1. The molecule has 0 aliphatic carbocycles. The van der Waals surface area contributed by atoms with E-state index in [1.165, 1.54) is 0 Å². The van der Waals surface area contributed by atoms with E-state index in [2.05, 4.69) is 5.32 Å². The Morgan fingerprint density at radius 3 is 2.89 bits per heavy atom. The van der Waals surface area contributed by atoms with Gasteiger partial charge in [0.1, 0.15) is 0 Å². The fourth-order valence-corrected chi connectivity index (χ4v) is 2.82. The van der Waals surface area contributed by atoms with Crippen LogP contribution < -0.4 is 5.32 Å². The number of nitrogens with one attached hydrogen (secondary N) is 1. The first-order valence-corrected chi connectivity index (χ1v) is 7.10. The maximum Gasteiger partial charge on any atom is 0.225 e. The van der Waals surface area contributed by atoms with Crippen LogP contribution in [0.1, 0.15) is 17.7 Å². The molecule has 100 valence electrons. The Bertz CT molecular complexity index is 372. The molecule has 1 saturated heterocycles. The fourth-order valence-electron chi connectivity index (χ4n) is 2.12. The van der Waals surface area contributed by atoms with Crippen LogP contribution in [0.4, 0.5) is 0 Å². The molecule has 0 saturated carbocycles. The normalized spacial score (nSPS) is 18.5. The van der Waals surface area contributed by atoms with Crippen molar-refractivity contribution in [3.8, 4) is 0 Å². The lowest BCUT2D eigenvalue weighted by Gasteiger charge is -2.35. The lowest BCUT2D eigenvalue weighted by Crippen LogP contribution is -2.44. The van der Waals surface area contributed by atoms with E-state index < -0.39 is 0 Å². The third-order valence-electron chi connectivity index (χ3n) is 3.46. The topological polar surface area (TPSA) is 58.6 Å². The standard InChI is InChI=1S/C13H19NO3S/c15-10-13(3-5-17-6-4-13)9-14-12(16)8-11-2-1-7-18-11/h1-2,7,15H,3-6,8-10H2,(H,14,16). The van der Waals surface area contributed by atoms with Crippen LogP contribution in [0, 0.1) is 5.41 Å². The van der Waals surface area contributed by atoms with Gasteiger partial charge in [-0.3, -0.25) is 4.79 Å². The van der Waals surface area contributed by atoms with E-state index >= 15 is 0 Å². The second-order valence-corrected chi connectivity index (χ2v) is 5.84. The lowest BCUT2D eigenvalue weighted by molar-refractivity contribution is -0.121. The fraction of sp³-hybridized carbons (Fsp3) is 0.615. The minimum absolute atomic E-state index is 0.0248. The molecule has 2 heterocycles. The molecule has 2 N–H and O–H groups in total. The van der Waals surface area contributed by atoms with E-state index in [-0.39, 0.29) is 17.9 Å². The van der Waals surface area contributed by atoms with Gasteiger partial charge in [-0.05, 0) is 24.3 Å². The summed E-state index contributed by atoms with van der Waals surface area (Å²) in [5.41, 5.74) is -0.191. The second-order valence-electron chi connectivity index (χ2n) is 4.80. The number of thiophene rings is 1. The average Bonchev–Trinajstić information content (AvgIpc) is 2.90. The molecule has 1 fully saturated rings. The molecule has 0 unspecified atom stereocenters. The lowest BCUT2D eigenvalue weighted by atomic mass is 9.81. The van der Waals surface area contributed by atoms with Crippen LogP contribution in [0.25, 0.3) is 0 Å². The van der Waals surface area contributed by atoms with Crippen molar-refractivity contribution in [3.63, 3.8) is 0 Å². The second kappa shape index (κ2) is 6.31.